The molecule has 2 atom stereocenters. The Labute approximate surface area is 228 Å². The smallest absolute Gasteiger partial charge is 0.410 e. The van der Waals surface area contributed by atoms with Crippen molar-refractivity contribution in [3.05, 3.63) is 71.3 Å². The Morgan fingerprint density at radius 1 is 1.05 bits per heavy atom. The molecule has 3 rings (SSSR count). The summed E-state index contributed by atoms with van der Waals surface area (Å²) in [4.78, 5) is 26.6. The number of nitrogens with zero attached hydrogens (tertiary/aromatic N) is 1. The van der Waals surface area contributed by atoms with Crippen molar-refractivity contribution >= 4 is 12.2 Å². The number of likely N-dealkylation sites (tertiary alicyclic amines) is 1. The monoisotopic (exact) mass is 547 g/mol. The maximum Gasteiger partial charge on any atom is 0.410 e. The van der Waals surface area contributed by atoms with Crippen molar-refractivity contribution in [2.45, 2.75) is 76.9 Å². The number of aliphatic hydroxyl groups is 1. The van der Waals surface area contributed by atoms with Gasteiger partial charge in [-0.15, -0.1) is 0 Å². The Bertz CT molecular complexity index is 1080. The highest BCUT2D eigenvalue weighted by Crippen LogP contribution is 2.23. The zero-order valence-electron chi connectivity index (χ0n) is 23.0. The van der Waals surface area contributed by atoms with Crippen LogP contribution in [-0.4, -0.2) is 65.1 Å². The van der Waals surface area contributed by atoms with Crippen LogP contribution >= 0.6 is 0 Å². The maximum atomic E-state index is 13.8. The van der Waals surface area contributed by atoms with Gasteiger partial charge in [-0.3, -0.25) is 0 Å². The van der Waals surface area contributed by atoms with Crippen molar-refractivity contribution in [3.63, 3.8) is 0 Å². The molecule has 0 aromatic heterocycles. The van der Waals surface area contributed by atoms with Crippen molar-refractivity contribution in [2.75, 3.05) is 19.6 Å². The highest BCUT2D eigenvalue weighted by atomic mass is 19.1. The number of benzene rings is 2. The SMILES string of the molecule is CC1(NC[C@@H](O)[C@H](Cc2cc(F)cc(F)c2)NC(=O)OC(C)(C)C)CCN(C(=O)OCc2ccccc2)CC1. The van der Waals surface area contributed by atoms with E-state index in [2.05, 4.69) is 10.6 Å². The zero-order chi connectivity index (χ0) is 28.6. The van der Waals surface area contributed by atoms with Gasteiger partial charge in [0.15, 0.2) is 0 Å². The van der Waals surface area contributed by atoms with Gasteiger partial charge >= 0.3 is 12.2 Å². The van der Waals surface area contributed by atoms with E-state index in [1.54, 1.807) is 25.7 Å². The zero-order valence-corrected chi connectivity index (χ0v) is 23.0. The number of hydrogen-bond acceptors (Lipinski definition) is 6. The van der Waals surface area contributed by atoms with Crippen LogP contribution in [0.3, 0.4) is 0 Å². The minimum Gasteiger partial charge on any atom is -0.445 e. The van der Waals surface area contributed by atoms with Gasteiger partial charge in [-0.1, -0.05) is 30.3 Å². The summed E-state index contributed by atoms with van der Waals surface area (Å²) in [7, 11) is 0. The molecule has 39 heavy (non-hydrogen) atoms. The van der Waals surface area contributed by atoms with E-state index < -0.39 is 35.5 Å². The topological polar surface area (TPSA) is 100 Å². The van der Waals surface area contributed by atoms with Crippen LogP contribution in [0.25, 0.3) is 0 Å². The van der Waals surface area contributed by atoms with Crippen LogP contribution in [0.5, 0.6) is 0 Å². The summed E-state index contributed by atoms with van der Waals surface area (Å²) >= 11 is 0. The standard InChI is InChI=1S/C29H39F2N3O5/c1-28(2,3)39-26(36)33-24(16-21-14-22(30)17-23(31)15-21)25(35)18-32-29(4)10-12-34(13-11-29)27(37)38-19-20-8-6-5-7-9-20/h5-9,14-15,17,24-25,32,35H,10-13,16,18-19H2,1-4H3,(H,33,36)/t24-,25+/m0/s1. The fourth-order valence-corrected chi connectivity index (χ4v) is 4.39. The number of halogens is 2. The lowest BCUT2D eigenvalue weighted by Crippen LogP contribution is -2.57. The average Bonchev–Trinajstić information content (AvgIpc) is 2.85. The number of rotatable bonds is 9. The van der Waals surface area contributed by atoms with Crippen LogP contribution in [0.2, 0.25) is 0 Å². The fraction of sp³-hybridized carbons (Fsp3) is 0.517. The van der Waals surface area contributed by atoms with E-state index in [1.807, 2.05) is 37.3 Å². The van der Waals surface area contributed by atoms with E-state index in [-0.39, 0.29) is 31.2 Å². The van der Waals surface area contributed by atoms with Crippen molar-refractivity contribution in [1.29, 1.82) is 0 Å². The Hall–Kier alpha value is -3.24. The lowest BCUT2D eigenvalue weighted by Gasteiger charge is -2.40. The number of carbonyl (C=O) groups excluding carboxylic acids is 2. The summed E-state index contributed by atoms with van der Waals surface area (Å²) in [5, 5.41) is 17.0. The van der Waals surface area contributed by atoms with E-state index >= 15 is 0 Å². The molecular formula is C29H39F2N3O5. The van der Waals surface area contributed by atoms with Gasteiger partial charge in [0.1, 0.15) is 23.8 Å². The molecule has 1 saturated heterocycles. The normalized spacial score (nSPS) is 16.7. The van der Waals surface area contributed by atoms with Gasteiger partial charge < -0.3 is 30.1 Å². The number of β-amino-alcohol motifs (C(OH)–C–C–N with tert-alkyl or cyclic N) is 1. The van der Waals surface area contributed by atoms with Crippen molar-refractivity contribution < 1.29 is 33.0 Å². The third kappa shape index (κ3) is 10.1. The number of alkyl carbamates (subject to hydrolysis) is 1. The Balaban J connectivity index is 1.55. The van der Waals surface area contributed by atoms with Crippen LogP contribution < -0.4 is 10.6 Å². The van der Waals surface area contributed by atoms with Gasteiger partial charge in [0.05, 0.1) is 12.1 Å². The molecule has 2 amide bonds. The molecule has 1 heterocycles. The number of aliphatic hydroxyl groups excluding tert-OH is 1. The molecule has 1 fully saturated rings. The summed E-state index contributed by atoms with van der Waals surface area (Å²) < 4.78 is 38.3. The van der Waals surface area contributed by atoms with E-state index in [4.69, 9.17) is 9.47 Å². The first-order valence-electron chi connectivity index (χ1n) is 13.2. The van der Waals surface area contributed by atoms with Crippen molar-refractivity contribution in [1.82, 2.24) is 15.5 Å². The van der Waals surface area contributed by atoms with Crippen LogP contribution in [0.15, 0.2) is 48.5 Å². The molecule has 0 saturated carbocycles. The van der Waals surface area contributed by atoms with E-state index in [9.17, 15) is 23.5 Å². The molecule has 0 spiro atoms. The molecule has 214 valence electrons. The van der Waals surface area contributed by atoms with Crippen LogP contribution in [0.4, 0.5) is 18.4 Å². The minimum atomic E-state index is -1.09. The number of hydrogen-bond donors (Lipinski definition) is 3. The maximum absolute atomic E-state index is 13.8. The first-order valence-corrected chi connectivity index (χ1v) is 13.2. The summed E-state index contributed by atoms with van der Waals surface area (Å²) in [6.07, 6.45) is -0.954. The number of carbonyl (C=O) groups is 2. The molecule has 0 bridgehead atoms. The molecule has 0 aliphatic carbocycles. The van der Waals surface area contributed by atoms with Crippen molar-refractivity contribution in [3.8, 4) is 0 Å². The molecular weight excluding hydrogens is 508 g/mol. The Morgan fingerprint density at radius 3 is 2.26 bits per heavy atom. The summed E-state index contributed by atoms with van der Waals surface area (Å²) in [5.41, 5.74) is 0.0745. The van der Waals surface area contributed by atoms with Gasteiger partial charge in [-0.25, -0.2) is 18.4 Å². The lowest BCUT2D eigenvalue weighted by molar-refractivity contribution is 0.0402. The largest absolute Gasteiger partial charge is 0.445 e. The third-order valence-electron chi connectivity index (χ3n) is 6.61. The van der Waals surface area contributed by atoms with E-state index in [0.29, 0.717) is 31.5 Å². The van der Waals surface area contributed by atoms with Gasteiger partial charge in [0.2, 0.25) is 0 Å². The molecule has 0 radical (unpaired) electrons. The Kier molecular flexibility index (Phi) is 10.3. The highest BCUT2D eigenvalue weighted by Gasteiger charge is 2.34. The quantitative estimate of drug-likeness (QED) is 0.426. The second kappa shape index (κ2) is 13.2. The number of ether oxygens (including phenoxy) is 2. The highest BCUT2D eigenvalue weighted by molar-refractivity contribution is 5.68. The predicted octanol–water partition coefficient (Wildman–Crippen LogP) is 4.54. The molecule has 10 heteroatoms. The number of nitrogens with one attached hydrogen (secondary N) is 2. The number of amides is 2. The van der Waals surface area contributed by atoms with Gasteiger partial charge in [-0.05, 0) is 70.2 Å². The van der Waals surface area contributed by atoms with Crippen LogP contribution in [0.1, 0.15) is 51.7 Å². The van der Waals surface area contributed by atoms with E-state index in [1.165, 1.54) is 12.1 Å². The molecule has 2 aromatic carbocycles. The minimum absolute atomic E-state index is 0.00544. The predicted molar refractivity (Wildman–Crippen MR) is 143 cm³/mol. The van der Waals surface area contributed by atoms with Gasteiger partial charge in [-0.2, -0.15) is 0 Å². The molecule has 8 nitrogen and oxygen atoms in total. The third-order valence-corrected chi connectivity index (χ3v) is 6.61. The first kappa shape index (κ1) is 30.3. The summed E-state index contributed by atoms with van der Waals surface area (Å²) in [6, 6.07) is 11.7. The number of piperidine rings is 1. The van der Waals surface area contributed by atoms with Crippen LogP contribution in [-0.2, 0) is 22.5 Å². The summed E-state index contributed by atoms with van der Waals surface area (Å²) in [5.74, 6) is -1.48. The van der Waals surface area contributed by atoms with Crippen LogP contribution in [0, 0.1) is 11.6 Å². The average molecular weight is 548 g/mol. The second-order valence-corrected chi connectivity index (χ2v) is 11.3. The van der Waals surface area contributed by atoms with Gasteiger partial charge in [0.25, 0.3) is 0 Å². The van der Waals surface area contributed by atoms with Gasteiger partial charge in [0, 0.05) is 31.2 Å². The van der Waals surface area contributed by atoms with Crippen molar-refractivity contribution in [2.24, 2.45) is 0 Å². The fourth-order valence-electron chi connectivity index (χ4n) is 4.39. The lowest BCUT2D eigenvalue weighted by atomic mass is 9.89. The second-order valence-electron chi connectivity index (χ2n) is 11.3. The Morgan fingerprint density at radius 2 is 1.67 bits per heavy atom. The molecule has 0 unspecified atom stereocenters. The first-order chi connectivity index (χ1) is 18.3. The summed E-state index contributed by atoms with van der Waals surface area (Å²) in [6.45, 7) is 8.42. The van der Waals surface area contributed by atoms with E-state index in [0.717, 1.165) is 11.6 Å². The molecule has 1 aliphatic rings. The molecule has 3 N–H and O–H groups in total. The molecule has 1 aliphatic heterocycles. The molecule has 2 aromatic rings.